The lowest BCUT2D eigenvalue weighted by Crippen LogP contribution is -2.12. The van der Waals surface area contributed by atoms with Crippen molar-refractivity contribution in [2.45, 2.75) is 91.9 Å². The third kappa shape index (κ3) is 8.72. The van der Waals surface area contributed by atoms with Gasteiger partial charge in [-0.2, -0.15) is 0 Å². The minimum Gasteiger partial charge on any atom is -0.300 e. The fourth-order valence-corrected chi connectivity index (χ4v) is 2.61. The molecular formula is C17H34O. The molecule has 0 aromatic carbocycles. The Morgan fingerprint density at radius 3 is 1.44 bits per heavy atom. The molecule has 18 heavy (non-hydrogen) atoms. The van der Waals surface area contributed by atoms with Crippen LogP contribution >= 0.6 is 0 Å². The summed E-state index contributed by atoms with van der Waals surface area (Å²) in [6.07, 6.45) is 11.5. The average molecular weight is 254 g/mol. The molecule has 0 unspecified atom stereocenters. The van der Waals surface area contributed by atoms with Crippen molar-refractivity contribution in [2.24, 2.45) is 11.8 Å². The number of hydrogen-bond donors (Lipinski definition) is 0. The van der Waals surface area contributed by atoms with Crippen LogP contribution in [0.1, 0.15) is 91.9 Å². The number of hydrogen-bond acceptors (Lipinski definition) is 1. The van der Waals surface area contributed by atoms with E-state index in [9.17, 15) is 4.79 Å². The molecule has 1 nitrogen and oxygen atoms in total. The Hall–Kier alpha value is -0.330. The molecule has 2 atom stereocenters. The Morgan fingerprint density at radius 2 is 1.17 bits per heavy atom. The zero-order valence-electron chi connectivity index (χ0n) is 13.1. The van der Waals surface area contributed by atoms with Crippen LogP contribution in [-0.2, 0) is 4.79 Å². The molecule has 0 fully saturated rings. The van der Waals surface area contributed by atoms with Crippen LogP contribution in [-0.4, -0.2) is 5.78 Å². The number of carbonyl (C=O) groups is 1. The molecule has 0 bridgehead atoms. The fourth-order valence-electron chi connectivity index (χ4n) is 2.61. The number of rotatable bonds is 12. The van der Waals surface area contributed by atoms with Gasteiger partial charge in [-0.05, 0) is 11.8 Å². The molecule has 0 aliphatic carbocycles. The summed E-state index contributed by atoms with van der Waals surface area (Å²) < 4.78 is 0. The third-order valence-electron chi connectivity index (χ3n) is 4.12. The molecule has 0 aliphatic rings. The second kappa shape index (κ2) is 11.7. The monoisotopic (exact) mass is 254 g/mol. The van der Waals surface area contributed by atoms with Crippen LogP contribution in [0, 0.1) is 11.8 Å². The van der Waals surface area contributed by atoms with Crippen molar-refractivity contribution in [3.05, 3.63) is 0 Å². The lowest BCUT2D eigenvalue weighted by atomic mass is 9.88. The summed E-state index contributed by atoms with van der Waals surface area (Å²) in [7, 11) is 0. The SMILES string of the molecule is CCCC[C@H](CC)CC(=O)C[C@@H](CC)CCCC. The second-order valence-electron chi connectivity index (χ2n) is 5.78. The highest BCUT2D eigenvalue weighted by Crippen LogP contribution is 2.22. The topological polar surface area (TPSA) is 17.1 Å². The summed E-state index contributed by atoms with van der Waals surface area (Å²) in [5.41, 5.74) is 0. The van der Waals surface area contributed by atoms with Crippen molar-refractivity contribution in [1.29, 1.82) is 0 Å². The van der Waals surface area contributed by atoms with Crippen LogP contribution in [0.5, 0.6) is 0 Å². The van der Waals surface area contributed by atoms with Crippen LogP contribution in [0.2, 0.25) is 0 Å². The van der Waals surface area contributed by atoms with Gasteiger partial charge < -0.3 is 0 Å². The lowest BCUT2D eigenvalue weighted by Gasteiger charge is -2.17. The van der Waals surface area contributed by atoms with Crippen molar-refractivity contribution >= 4 is 5.78 Å². The minimum atomic E-state index is 0.515. The molecule has 0 N–H and O–H groups in total. The summed E-state index contributed by atoms with van der Waals surface area (Å²) in [5.74, 6) is 1.79. The molecule has 0 rings (SSSR count). The summed E-state index contributed by atoms with van der Waals surface area (Å²) in [6, 6.07) is 0. The predicted molar refractivity (Wildman–Crippen MR) is 80.9 cm³/mol. The third-order valence-corrected chi connectivity index (χ3v) is 4.12. The number of carbonyl (C=O) groups excluding carboxylic acids is 1. The summed E-state index contributed by atoms with van der Waals surface area (Å²) in [4.78, 5) is 12.1. The fraction of sp³-hybridized carbons (Fsp3) is 0.941. The van der Waals surface area contributed by atoms with Crippen molar-refractivity contribution < 1.29 is 4.79 Å². The molecule has 0 heterocycles. The Balaban J connectivity index is 3.96. The van der Waals surface area contributed by atoms with E-state index in [0.717, 1.165) is 25.7 Å². The van der Waals surface area contributed by atoms with Gasteiger partial charge in [-0.1, -0.05) is 79.1 Å². The Morgan fingerprint density at radius 1 is 0.778 bits per heavy atom. The van der Waals surface area contributed by atoms with Gasteiger partial charge in [0.15, 0.2) is 0 Å². The Bertz CT molecular complexity index is 178. The van der Waals surface area contributed by atoms with Crippen LogP contribution in [0.4, 0.5) is 0 Å². The average Bonchev–Trinajstić information content (AvgIpc) is 2.39. The molecule has 0 aromatic heterocycles. The smallest absolute Gasteiger partial charge is 0.133 e. The van der Waals surface area contributed by atoms with Gasteiger partial charge in [0, 0.05) is 12.8 Å². The molecule has 0 saturated heterocycles. The molecule has 0 radical (unpaired) electrons. The number of unbranched alkanes of at least 4 members (excludes halogenated alkanes) is 2. The van der Waals surface area contributed by atoms with E-state index in [2.05, 4.69) is 27.7 Å². The Kier molecular flexibility index (Phi) is 11.5. The molecule has 0 aliphatic heterocycles. The lowest BCUT2D eigenvalue weighted by molar-refractivity contribution is -0.121. The molecule has 1 heteroatoms. The first-order valence-corrected chi connectivity index (χ1v) is 8.19. The van der Waals surface area contributed by atoms with E-state index in [0.29, 0.717) is 17.6 Å². The van der Waals surface area contributed by atoms with E-state index >= 15 is 0 Å². The summed E-state index contributed by atoms with van der Waals surface area (Å²) >= 11 is 0. The van der Waals surface area contributed by atoms with Gasteiger partial charge in [0.2, 0.25) is 0 Å². The van der Waals surface area contributed by atoms with Crippen LogP contribution in [0.15, 0.2) is 0 Å². The van der Waals surface area contributed by atoms with Gasteiger partial charge in [-0.15, -0.1) is 0 Å². The van der Waals surface area contributed by atoms with E-state index in [1.807, 2.05) is 0 Å². The molecular weight excluding hydrogens is 220 g/mol. The first kappa shape index (κ1) is 17.7. The van der Waals surface area contributed by atoms with E-state index < -0.39 is 0 Å². The van der Waals surface area contributed by atoms with E-state index in [4.69, 9.17) is 0 Å². The zero-order valence-corrected chi connectivity index (χ0v) is 13.1. The van der Waals surface area contributed by atoms with Crippen LogP contribution < -0.4 is 0 Å². The van der Waals surface area contributed by atoms with Crippen molar-refractivity contribution in [2.75, 3.05) is 0 Å². The van der Waals surface area contributed by atoms with E-state index in [1.165, 1.54) is 38.5 Å². The standard InChI is InChI=1S/C17H34O/c1-5-9-11-15(7-3)13-17(18)14-16(8-4)12-10-6-2/h15-16H,5-14H2,1-4H3/t15-,16-/m0/s1. The van der Waals surface area contributed by atoms with Crippen LogP contribution in [0.3, 0.4) is 0 Å². The predicted octanol–water partition coefficient (Wildman–Crippen LogP) is 5.77. The normalized spacial score (nSPS) is 14.4. The quantitative estimate of drug-likeness (QED) is 0.432. The first-order chi connectivity index (χ1) is 8.67. The maximum Gasteiger partial charge on any atom is 0.133 e. The van der Waals surface area contributed by atoms with Gasteiger partial charge in [-0.3, -0.25) is 4.79 Å². The van der Waals surface area contributed by atoms with Gasteiger partial charge in [0.25, 0.3) is 0 Å². The minimum absolute atomic E-state index is 0.515. The Labute approximate surface area is 115 Å². The second-order valence-corrected chi connectivity index (χ2v) is 5.78. The molecule has 0 aromatic rings. The molecule has 0 amide bonds. The largest absolute Gasteiger partial charge is 0.300 e. The van der Waals surface area contributed by atoms with Crippen molar-refractivity contribution in [3.8, 4) is 0 Å². The maximum atomic E-state index is 12.1. The summed E-state index contributed by atoms with van der Waals surface area (Å²) in [6.45, 7) is 8.91. The first-order valence-electron chi connectivity index (χ1n) is 8.19. The van der Waals surface area contributed by atoms with Gasteiger partial charge in [-0.25, -0.2) is 0 Å². The zero-order chi connectivity index (χ0) is 13.8. The van der Waals surface area contributed by atoms with Crippen molar-refractivity contribution in [1.82, 2.24) is 0 Å². The molecule has 0 saturated carbocycles. The number of ketones is 1. The highest BCUT2D eigenvalue weighted by atomic mass is 16.1. The van der Waals surface area contributed by atoms with Crippen molar-refractivity contribution in [3.63, 3.8) is 0 Å². The van der Waals surface area contributed by atoms with Gasteiger partial charge >= 0.3 is 0 Å². The molecule has 108 valence electrons. The number of Topliss-reactive ketones (excluding diaryl/α,β-unsaturated/α-hetero) is 1. The highest BCUT2D eigenvalue weighted by Gasteiger charge is 2.15. The van der Waals surface area contributed by atoms with Gasteiger partial charge in [0.1, 0.15) is 5.78 Å². The maximum absolute atomic E-state index is 12.1. The summed E-state index contributed by atoms with van der Waals surface area (Å²) in [5, 5.41) is 0. The van der Waals surface area contributed by atoms with Gasteiger partial charge in [0.05, 0.1) is 0 Å². The highest BCUT2D eigenvalue weighted by molar-refractivity contribution is 5.78. The molecule has 0 spiro atoms. The van der Waals surface area contributed by atoms with Crippen LogP contribution in [0.25, 0.3) is 0 Å². The van der Waals surface area contributed by atoms with E-state index in [1.54, 1.807) is 0 Å². The van der Waals surface area contributed by atoms with E-state index in [-0.39, 0.29) is 0 Å².